The molecule has 4 nitrogen and oxygen atoms in total. The maximum Gasteiger partial charge on any atom is 0.313 e. The number of aromatic nitrogens is 2. The molecule has 0 amide bonds. The van der Waals surface area contributed by atoms with E-state index in [1.54, 1.807) is 12.1 Å². The van der Waals surface area contributed by atoms with E-state index >= 15 is 0 Å². The maximum atomic E-state index is 13.0. The lowest BCUT2D eigenvalue weighted by Gasteiger charge is -2.08. The number of halogens is 1. The normalized spacial score (nSPS) is 12.3. The van der Waals surface area contributed by atoms with Crippen LogP contribution in [0.2, 0.25) is 0 Å². The fourth-order valence-corrected chi connectivity index (χ4v) is 2.16. The number of carboxylic acids is 1. The van der Waals surface area contributed by atoms with Gasteiger partial charge in [0.25, 0.3) is 0 Å². The molecule has 0 aliphatic rings. The Morgan fingerprint density at radius 3 is 2.94 bits per heavy atom. The minimum absolute atomic E-state index is 0.211. The number of hydrogen-bond acceptors (Lipinski definition) is 4. The van der Waals surface area contributed by atoms with Crippen molar-refractivity contribution in [2.45, 2.75) is 12.3 Å². The first-order chi connectivity index (χ1) is 8.16. The third-order valence-corrected chi connectivity index (χ3v) is 3.11. The Kier molecular flexibility index (Phi) is 3.43. The predicted molar refractivity (Wildman–Crippen MR) is 60.4 cm³/mol. The van der Waals surface area contributed by atoms with Crippen molar-refractivity contribution in [2.24, 2.45) is 0 Å². The van der Waals surface area contributed by atoms with Crippen LogP contribution in [0.3, 0.4) is 0 Å². The van der Waals surface area contributed by atoms with Crippen molar-refractivity contribution in [3.8, 4) is 0 Å². The zero-order chi connectivity index (χ0) is 12.3. The average Bonchev–Trinajstić information content (AvgIpc) is 2.78. The number of aliphatic carboxylic acids is 1. The quantitative estimate of drug-likeness (QED) is 0.905. The molecule has 2 rings (SSSR count). The smallest absolute Gasteiger partial charge is 0.313 e. The van der Waals surface area contributed by atoms with E-state index in [2.05, 4.69) is 10.2 Å². The van der Waals surface area contributed by atoms with E-state index in [4.69, 9.17) is 5.11 Å². The lowest BCUT2D eigenvalue weighted by Crippen LogP contribution is -2.14. The van der Waals surface area contributed by atoms with Crippen LogP contribution >= 0.6 is 11.3 Å². The van der Waals surface area contributed by atoms with E-state index < -0.39 is 11.9 Å². The number of carboxylic acid groups (broad SMARTS) is 1. The fourth-order valence-electron chi connectivity index (χ4n) is 1.51. The summed E-state index contributed by atoms with van der Waals surface area (Å²) in [6, 6.07) is 5.91. The summed E-state index contributed by atoms with van der Waals surface area (Å²) in [4.78, 5) is 11.1. The molecule has 0 bridgehead atoms. The molecule has 1 heterocycles. The third kappa shape index (κ3) is 2.85. The van der Waals surface area contributed by atoms with Gasteiger partial charge in [0.15, 0.2) is 0 Å². The predicted octanol–water partition coefficient (Wildman–Crippen LogP) is 2.09. The van der Waals surface area contributed by atoms with Gasteiger partial charge < -0.3 is 5.11 Å². The Morgan fingerprint density at radius 2 is 2.35 bits per heavy atom. The fraction of sp³-hybridized carbons (Fsp3) is 0.182. The van der Waals surface area contributed by atoms with Gasteiger partial charge in [-0.2, -0.15) is 0 Å². The lowest BCUT2D eigenvalue weighted by molar-refractivity contribution is -0.138. The summed E-state index contributed by atoms with van der Waals surface area (Å²) in [5.74, 6) is -2.13. The summed E-state index contributed by atoms with van der Waals surface area (Å²) in [6.07, 6.45) is 0.211. The van der Waals surface area contributed by atoms with Gasteiger partial charge >= 0.3 is 5.97 Å². The standard InChI is InChI=1S/C11H9FN2O2S/c12-8-3-1-2-7(4-8)5-9(11(15)16)10-14-13-6-17-10/h1-4,6,9H,5H2,(H,15,16). The molecule has 1 aromatic carbocycles. The number of nitrogens with zero attached hydrogens (tertiary/aromatic N) is 2. The summed E-state index contributed by atoms with van der Waals surface area (Å²) >= 11 is 1.19. The molecule has 0 fully saturated rings. The van der Waals surface area contributed by atoms with Crippen LogP contribution in [0.4, 0.5) is 4.39 Å². The number of hydrogen-bond donors (Lipinski definition) is 1. The Bertz CT molecular complexity index is 516. The van der Waals surface area contributed by atoms with Crippen molar-refractivity contribution in [3.05, 3.63) is 46.2 Å². The molecule has 1 unspecified atom stereocenters. The molecule has 1 atom stereocenters. The molecule has 17 heavy (non-hydrogen) atoms. The molecule has 0 aliphatic heterocycles. The molecule has 6 heteroatoms. The highest BCUT2D eigenvalue weighted by Crippen LogP contribution is 2.22. The van der Waals surface area contributed by atoms with Gasteiger partial charge in [-0.3, -0.25) is 4.79 Å². The summed E-state index contributed by atoms with van der Waals surface area (Å²) in [7, 11) is 0. The highest BCUT2D eigenvalue weighted by atomic mass is 32.1. The summed E-state index contributed by atoms with van der Waals surface area (Å²) < 4.78 is 13.0. The first-order valence-corrected chi connectivity index (χ1v) is 5.78. The van der Waals surface area contributed by atoms with Crippen LogP contribution in [0, 0.1) is 5.82 Å². The minimum atomic E-state index is -0.981. The van der Waals surface area contributed by atoms with Gasteiger partial charge in [0.1, 0.15) is 22.3 Å². The molecule has 2 aromatic rings. The van der Waals surface area contributed by atoms with Crippen LogP contribution in [0.1, 0.15) is 16.5 Å². The molecule has 88 valence electrons. The molecule has 0 saturated heterocycles. The molecule has 1 N–H and O–H groups in total. The van der Waals surface area contributed by atoms with Gasteiger partial charge in [0, 0.05) is 0 Å². The zero-order valence-electron chi connectivity index (χ0n) is 8.71. The van der Waals surface area contributed by atoms with E-state index in [0.717, 1.165) is 0 Å². The van der Waals surface area contributed by atoms with Crippen LogP contribution in [-0.2, 0) is 11.2 Å². The third-order valence-electron chi connectivity index (χ3n) is 2.30. The van der Waals surface area contributed by atoms with Crippen molar-refractivity contribution in [3.63, 3.8) is 0 Å². The van der Waals surface area contributed by atoms with E-state index in [1.165, 1.54) is 29.0 Å². The van der Waals surface area contributed by atoms with Gasteiger partial charge in [-0.15, -0.1) is 21.5 Å². The first kappa shape index (κ1) is 11.7. The summed E-state index contributed by atoms with van der Waals surface area (Å²) in [6.45, 7) is 0. The topological polar surface area (TPSA) is 63.1 Å². The Balaban J connectivity index is 2.22. The molecule has 0 spiro atoms. The number of rotatable bonds is 4. The van der Waals surface area contributed by atoms with E-state index in [0.29, 0.717) is 10.6 Å². The van der Waals surface area contributed by atoms with Crippen LogP contribution in [0.15, 0.2) is 29.8 Å². The van der Waals surface area contributed by atoms with Crippen molar-refractivity contribution in [2.75, 3.05) is 0 Å². The van der Waals surface area contributed by atoms with Gasteiger partial charge in [0.05, 0.1) is 0 Å². The summed E-state index contributed by atoms with van der Waals surface area (Å²) in [5.41, 5.74) is 2.12. The van der Waals surface area contributed by atoms with Gasteiger partial charge in [0.2, 0.25) is 0 Å². The van der Waals surface area contributed by atoms with Crippen molar-refractivity contribution >= 4 is 17.3 Å². The van der Waals surface area contributed by atoms with Gasteiger partial charge in [-0.25, -0.2) is 4.39 Å². The van der Waals surface area contributed by atoms with Gasteiger partial charge in [-0.1, -0.05) is 12.1 Å². The van der Waals surface area contributed by atoms with Gasteiger partial charge in [-0.05, 0) is 24.1 Å². The van der Waals surface area contributed by atoms with E-state index in [9.17, 15) is 9.18 Å². The number of benzene rings is 1. The molecule has 1 aromatic heterocycles. The monoisotopic (exact) mass is 252 g/mol. The van der Waals surface area contributed by atoms with Crippen LogP contribution < -0.4 is 0 Å². The molecule has 0 aliphatic carbocycles. The minimum Gasteiger partial charge on any atom is -0.481 e. The molecule has 0 radical (unpaired) electrons. The highest BCUT2D eigenvalue weighted by Gasteiger charge is 2.23. The molecular formula is C11H9FN2O2S. The number of carbonyl (C=O) groups is 1. The zero-order valence-corrected chi connectivity index (χ0v) is 9.52. The molecule has 0 saturated carbocycles. The van der Waals surface area contributed by atoms with E-state index in [-0.39, 0.29) is 12.2 Å². The Labute approximate surface area is 101 Å². The Morgan fingerprint density at radius 1 is 1.53 bits per heavy atom. The second kappa shape index (κ2) is 5.01. The SMILES string of the molecule is O=C(O)C(Cc1cccc(F)c1)c1nncs1. The van der Waals surface area contributed by atoms with Crippen LogP contribution in [0.5, 0.6) is 0 Å². The van der Waals surface area contributed by atoms with Crippen molar-refractivity contribution in [1.82, 2.24) is 10.2 Å². The highest BCUT2D eigenvalue weighted by molar-refractivity contribution is 7.09. The molecular weight excluding hydrogens is 243 g/mol. The second-order valence-corrected chi connectivity index (χ2v) is 4.37. The van der Waals surface area contributed by atoms with E-state index in [1.807, 2.05) is 0 Å². The Hall–Kier alpha value is -1.82. The first-order valence-electron chi connectivity index (χ1n) is 4.90. The summed E-state index contributed by atoms with van der Waals surface area (Å²) in [5, 5.41) is 16.9. The second-order valence-electron chi connectivity index (χ2n) is 3.50. The lowest BCUT2D eigenvalue weighted by atomic mass is 10.00. The van der Waals surface area contributed by atoms with Crippen LogP contribution in [-0.4, -0.2) is 21.3 Å². The van der Waals surface area contributed by atoms with Crippen molar-refractivity contribution in [1.29, 1.82) is 0 Å². The largest absolute Gasteiger partial charge is 0.481 e. The van der Waals surface area contributed by atoms with Crippen LogP contribution in [0.25, 0.3) is 0 Å². The average molecular weight is 252 g/mol. The van der Waals surface area contributed by atoms with Crippen molar-refractivity contribution < 1.29 is 14.3 Å². The maximum absolute atomic E-state index is 13.0.